The fourth-order valence-corrected chi connectivity index (χ4v) is 1.39. The minimum atomic E-state index is -0.781. The van der Waals surface area contributed by atoms with Crippen molar-refractivity contribution in [3.8, 4) is 12.0 Å². The number of esters is 1. The average molecular weight is 247 g/mol. The predicted octanol–water partition coefficient (Wildman–Crippen LogP) is 1.85. The molecule has 0 saturated carbocycles. The number of ether oxygens (including phenoxy) is 2. The van der Waals surface area contributed by atoms with E-state index in [2.05, 4.69) is 4.74 Å². The zero-order valence-corrected chi connectivity index (χ0v) is 10.0. The molecule has 5 heteroatoms. The van der Waals surface area contributed by atoms with Crippen molar-refractivity contribution in [3.63, 3.8) is 0 Å². The van der Waals surface area contributed by atoms with E-state index < -0.39 is 5.97 Å². The lowest BCUT2D eigenvalue weighted by atomic mass is 10.1. The second-order valence-corrected chi connectivity index (χ2v) is 3.53. The van der Waals surface area contributed by atoms with Crippen molar-refractivity contribution in [2.24, 2.45) is 0 Å². The van der Waals surface area contributed by atoms with Crippen molar-refractivity contribution in [1.29, 1.82) is 5.26 Å². The van der Waals surface area contributed by atoms with Crippen molar-refractivity contribution < 1.29 is 19.1 Å². The van der Waals surface area contributed by atoms with Gasteiger partial charge < -0.3 is 14.3 Å². The molecule has 1 aromatic carbocycles. The molecule has 94 valence electrons. The summed E-state index contributed by atoms with van der Waals surface area (Å²) in [6.45, 7) is 2.40. The standard InChI is InChI=1S/C13H13NO4/c1-2-7-17-12-4-3-10(5-6-15)8-11(12)13(16)18-9-14/h3-4,6,8H,2,5,7H2,1H3. The molecule has 0 N–H and O–H groups in total. The lowest BCUT2D eigenvalue weighted by Crippen LogP contribution is -2.07. The van der Waals surface area contributed by atoms with Gasteiger partial charge in [-0.15, -0.1) is 5.26 Å². The molecule has 0 atom stereocenters. The van der Waals surface area contributed by atoms with Gasteiger partial charge in [-0.25, -0.2) is 4.79 Å². The Balaban J connectivity index is 3.05. The highest BCUT2D eigenvalue weighted by Gasteiger charge is 2.15. The van der Waals surface area contributed by atoms with Gasteiger partial charge in [0.2, 0.25) is 0 Å². The second-order valence-electron chi connectivity index (χ2n) is 3.53. The first-order chi connectivity index (χ1) is 8.72. The van der Waals surface area contributed by atoms with Crippen LogP contribution in [-0.4, -0.2) is 18.9 Å². The van der Waals surface area contributed by atoms with Crippen LogP contribution in [0, 0.1) is 11.5 Å². The zero-order valence-electron chi connectivity index (χ0n) is 10.0. The fraction of sp³-hybridized carbons (Fsp3) is 0.308. The van der Waals surface area contributed by atoms with E-state index in [0.717, 1.165) is 12.7 Å². The SMILES string of the molecule is CCCOc1ccc(CC=O)cc1C(=O)OC#N. The van der Waals surface area contributed by atoms with E-state index >= 15 is 0 Å². The second kappa shape index (κ2) is 7.07. The summed E-state index contributed by atoms with van der Waals surface area (Å²) in [6.07, 6.45) is 3.05. The van der Waals surface area contributed by atoms with E-state index in [1.165, 1.54) is 12.3 Å². The summed E-state index contributed by atoms with van der Waals surface area (Å²) in [6, 6.07) is 4.80. The van der Waals surface area contributed by atoms with Crippen LogP contribution in [0.4, 0.5) is 0 Å². The van der Waals surface area contributed by atoms with Crippen LogP contribution in [0.15, 0.2) is 18.2 Å². The molecule has 0 fully saturated rings. The Morgan fingerprint density at radius 3 is 2.89 bits per heavy atom. The van der Waals surface area contributed by atoms with Crippen LogP contribution in [0.5, 0.6) is 5.75 Å². The summed E-state index contributed by atoms with van der Waals surface area (Å²) in [7, 11) is 0. The Bertz CT molecular complexity index is 476. The van der Waals surface area contributed by atoms with Gasteiger partial charge in [0.15, 0.2) is 0 Å². The Morgan fingerprint density at radius 2 is 2.28 bits per heavy atom. The summed E-state index contributed by atoms with van der Waals surface area (Å²) in [5.74, 6) is -0.428. The molecule has 0 aliphatic carbocycles. The summed E-state index contributed by atoms with van der Waals surface area (Å²) in [5.41, 5.74) is 0.822. The predicted molar refractivity (Wildman–Crippen MR) is 63.0 cm³/mol. The maximum Gasteiger partial charge on any atom is 0.357 e. The van der Waals surface area contributed by atoms with Crippen LogP contribution < -0.4 is 4.74 Å². The lowest BCUT2D eigenvalue weighted by Gasteiger charge is -2.09. The first kappa shape index (κ1) is 13.7. The number of nitriles is 1. The fourth-order valence-electron chi connectivity index (χ4n) is 1.39. The molecule has 0 bridgehead atoms. The zero-order chi connectivity index (χ0) is 13.4. The van der Waals surface area contributed by atoms with Crippen LogP contribution in [0.3, 0.4) is 0 Å². The molecular formula is C13H13NO4. The summed E-state index contributed by atoms with van der Waals surface area (Å²) < 4.78 is 9.67. The number of carbonyl (C=O) groups excluding carboxylic acids is 2. The minimum absolute atomic E-state index is 0.157. The molecule has 0 heterocycles. The third-order valence-electron chi connectivity index (χ3n) is 2.18. The van der Waals surface area contributed by atoms with E-state index in [1.54, 1.807) is 12.1 Å². The Kier molecular flexibility index (Phi) is 5.39. The number of hydrogen-bond donors (Lipinski definition) is 0. The first-order valence-electron chi connectivity index (χ1n) is 5.52. The molecule has 0 radical (unpaired) electrons. The van der Waals surface area contributed by atoms with Gasteiger partial charge >= 0.3 is 5.97 Å². The van der Waals surface area contributed by atoms with Crippen molar-refractivity contribution in [2.75, 3.05) is 6.61 Å². The number of nitrogens with zero attached hydrogens (tertiary/aromatic N) is 1. The van der Waals surface area contributed by atoms with Crippen LogP contribution in [0.2, 0.25) is 0 Å². The minimum Gasteiger partial charge on any atom is -0.493 e. The smallest absolute Gasteiger partial charge is 0.357 e. The number of aldehydes is 1. The van der Waals surface area contributed by atoms with Gasteiger partial charge in [-0.2, -0.15) is 0 Å². The van der Waals surface area contributed by atoms with Gasteiger partial charge in [-0.1, -0.05) is 13.0 Å². The van der Waals surface area contributed by atoms with Gasteiger partial charge in [0, 0.05) is 6.42 Å². The molecule has 0 saturated heterocycles. The topological polar surface area (TPSA) is 76.4 Å². The maximum atomic E-state index is 11.6. The van der Waals surface area contributed by atoms with E-state index in [-0.39, 0.29) is 12.0 Å². The molecule has 1 rings (SSSR count). The highest BCUT2D eigenvalue weighted by Crippen LogP contribution is 2.21. The van der Waals surface area contributed by atoms with E-state index in [4.69, 9.17) is 10.00 Å². The van der Waals surface area contributed by atoms with Crippen molar-refractivity contribution in [1.82, 2.24) is 0 Å². The third-order valence-corrected chi connectivity index (χ3v) is 2.18. The van der Waals surface area contributed by atoms with Crippen LogP contribution in [-0.2, 0) is 16.0 Å². The van der Waals surface area contributed by atoms with Crippen LogP contribution >= 0.6 is 0 Å². The van der Waals surface area contributed by atoms with Crippen molar-refractivity contribution in [2.45, 2.75) is 19.8 Å². The average Bonchev–Trinajstić information content (AvgIpc) is 2.38. The van der Waals surface area contributed by atoms with Gasteiger partial charge in [0.25, 0.3) is 6.26 Å². The quantitative estimate of drug-likeness (QED) is 0.435. The third kappa shape index (κ3) is 3.59. The molecule has 0 unspecified atom stereocenters. The molecule has 1 aromatic rings. The molecule has 0 aliphatic rings. The van der Waals surface area contributed by atoms with E-state index in [1.807, 2.05) is 6.92 Å². The maximum absolute atomic E-state index is 11.6. The summed E-state index contributed by atoms with van der Waals surface area (Å²) >= 11 is 0. The number of rotatable bonds is 6. The Morgan fingerprint density at radius 1 is 1.50 bits per heavy atom. The summed E-state index contributed by atoms with van der Waals surface area (Å²) in [4.78, 5) is 22.0. The number of benzene rings is 1. The van der Waals surface area contributed by atoms with Crippen LogP contribution in [0.25, 0.3) is 0 Å². The van der Waals surface area contributed by atoms with Gasteiger partial charge in [0.05, 0.1) is 6.61 Å². The lowest BCUT2D eigenvalue weighted by molar-refractivity contribution is -0.107. The van der Waals surface area contributed by atoms with E-state index in [9.17, 15) is 9.59 Å². The first-order valence-corrected chi connectivity index (χ1v) is 5.52. The van der Waals surface area contributed by atoms with Gasteiger partial charge in [0.1, 0.15) is 17.6 Å². The van der Waals surface area contributed by atoms with Gasteiger partial charge in [-0.3, -0.25) is 0 Å². The van der Waals surface area contributed by atoms with Crippen LogP contribution in [0.1, 0.15) is 29.3 Å². The molecule has 18 heavy (non-hydrogen) atoms. The molecule has 0 aromatic heterocycles. The van der Waals surface area contributed by atoms with E-state index in [0.29, 0.717) is 17.9 Å². The monoisotopic (exact) mass is 247 g/mol. The number of hydrogen-bond acceptors (Lipinski definition) is 5. The molecule has 0 amide bonds. The normalized spacial score (nSPS) is 9.33. The van der Waals surface area contributed by atoms with Gasteiger partial charge in [-0.05, 0) is 24.1 Å². The molecule has 0 spiro atoms. The number of carbonyl (C=O) groups is 2. The largest absolute Gasteiger partial charge is 0.493 e. The summed E-state index contributed by atoms with van der Waals surface area (Å²) in [5, 5.41) is 8.35. The molecule has 0 aliphatic heterocycles. The molecular weight excluding hydrogens is 234 g/mol. The van der Waals surface area contributed by atoms with Crippen molar-refractivity contribution in [3.05, 3.63) is 29.3 Å². The highest BCUT2D eigenvalue weighted by molar-refractivity contribution is 5.93. The Hall–Kier alpha value is -2.35. The highest BCUT2D eigenvalue weighted by atomic mass is 16.5. The van der Waals surface area contributed by atoms with Crippen molar-refractivity contribution >= 4 is 12.3 Å². The molecule has 5 nitrogen and oxygen atoms in total. The Labute approximate surface area is 105 Å².